The summed E-state index contributed by atoms with van der Waals surface area (Å²) >= 11 is 0. The molecule has 0 saturated carbocycles. The lowest BCUT2D eigenvalue weighted by molar-refractivity contribution is 0.367. The summed E-state index contributed by atoms with van der Waals surface area (Å²) in [6, 6.07) is 11.2. The van der Waals surface area contributed by atoms with Crippen molar-refractivity contribution in [1.82, 2.24) is 0 Å². The Hall–Kier alpha value is -3.05. The maximum atomic E-state index is 9.14. The number of benzene rings is 1. The summed E-state index contributed by atoms with van der Waals surface area (Å²) < 4.78 is 10.8. The van der Waals surface area contributed by atoms with Crippen molar-refractivity contribution in [2.75, 3.05) is 6.61 Å². The average molecular weight is 279 g/mol. The molecule has 21 heavy (non-hydrogen) atoms. The van der Waals surface area contributed by atoms with E-state index >= 15 is 0 Å². The van der Waals surface area contributed by atoms with Crippen LogP contribution in [0, 0.1) is 36.5 Å². The normalized spacial score (nSPS) is 10.3. The first-order chi connectivity index (χ1) is 10.2. The molecule has 0 bridgehead atoms. The molecule has 1 aromatic carbocycles. The zero-order valence-electron chi connectivity index (χ0n) is 11.8. The molecule has 0 unspecified atom stereocenters. The van der Waals surface area contributed by atoms with E-state index < -0.39 is 0 Å². The van der Waals surface area contributed by atoms with E-state index in [1.165, 1.54) is 0 Å². The summed E-state index contributed by atoms with van der Waals surface area (Å²) in [5, 5.41) is 17.7. The molecule has 5 heteroatoms. The number of aliphatic imine (C=N–C) groups is 1. The maximum absolute atomic E-state index is 9.14. The summed E-state index contributed by atoms with van der Waals surface area (Å²) in [7, 11) is 0. The summed E-state index contributed by atoms with van der Waals surface area (Å²) in [6.45, 7) is 3.58. The maximum Gasteiger partial charge on any atom is 0.237 e. The van der Waals surface area contributed by atoms with Crippen LogP contribution in [0.25, 0.3) is 0 Å². The van der Waals surface area contributed by atoms with Crippen molar-refractivity contribution < 1.29 is 9.15 Å². The fourth-order valence-corrected chi connectivity index (χ4v) is 1.79. The van der Waals surface area contributed by atoms with Crippen LogP contribution < -0.4 is 4.74 Å². The third-order valence-corrected chi connectivity index (χ3v) is 3.01. The Morgan fingerprint density at radius 3 is 2.76 bits per heavy atom. The molecule has 0 N–H and O–H groups in total. The van der Waals surface area contributed by atoms with E-state index in [4.69, 9.17) is 19.7 Å². The van der Waals surface area contributed by atoms with Crippen LogP contribution in [0.5, 0.6) is 5.75 Å². The summed E-state index contributed by atoms with van der Waals surface area (Å²) in [4.78, 5) is 4.22. The number of nitrogens with zero attached hydrogens (tertiary/aromatic N) is 3. The Balaban J connectivity index is 2.33. The molecule has 0 saturated heterocycles. The van der Waals surface area contributed by atoms with Crippen molar-refractivity contribution in [2.45, 2.75) is 13.8 Å². The minimum Gasteiger partial charge on any atom is -0.478 e. The highest BCUT2D eigenvalue weighted by atomic mass is 16.5. The second-order valence-electron chi connectivity index (χ2n) is 4.32. The van der Waals surface area contributed by atoms with Gasteiger partial charge in [0, 0.05) is 17.3 Å². The highest BCUT2D eigenvalue weighted by Gasteiger charge is 2.13. The lowest BCUT2D eigenvalue weighted by Gasteiger charge is -2.04. The van der Waals surface area contributed by atoms with Gasteiger partial charge in [0.05, 0.1) is 0 Å². The topological polar surface area (TPSA) is 82.3 Å². The van der Waals surface area contributed by atoms with Gasteiger partial charge < -0.3 is 9.15 Å². The van der Waals surface area contributed by atoms with E-state index in [1.807, 2.05) is 31.2 Å². The Kier molecular flexibility index (Phi) is 4.38. The monoisotopic (exact) mass is 279 g/mol. The Bertz CT molecular complexity index is 761. The van der Waals surface area contributed by atoms with Crippen LogP contribution in [0.15, 0.2) is 33.7 Å². The highest BCUT2D eigenvalue weighted by Crippen LogP contribution is 2.28. The molecule has 0 fully saturated rings. The van der Waals surface area contributed by atoms with Crippen molar-refractivity contribution in [3.8, 4) is 17.9 Å². The first-order valence-corrected chi connectivity index (χ1v) is 6.30. The standard InChI is InChI=1S/C16H13N3O2/c1-11-12(2)21-16(14(11)9-18)19-10-13-5-3-4-6-15(13)20-8-7-17/h3-6,10H,8H2,1-2H3. The minimum atomic E-state index is -0.0345. The SMILES string of the molecule is Cc1oc(N=Cc2ccccc2OCC#N)c(C#N)c1C. The Morgan fingerprint density at radius 1 is 1.29 bits per heavy atom. The molecule has 0 aliphatic rings. The van der Waals surface area contributed by atoms with Crippen molar-refractivity contribution >= 4 is 12.1 Å². The van der Waals surface area contributed by atoms with Crippen LogP contribution in [-0.2, 0) is 0 Å². The molecule has 0 aliphatic heterocycles. The van der Waals surface area contributed by atoms with E-state index in [0.29, 0.717) is 22.6 Å². The second kappa shape index (κ2) is 6.40. The van der Waals surface area contributed by atoms with Crippen LogP contribution in [-0.4, -0.2) is 12.8 Å². The van der Waals surface area contributed by atoms with Gasteiger partial charge in [-0.1, -0.05) is 12.1 Å². The van der Waals surface area contributed by atoms with E-state index in [-0.39, 0.29) is 12.5 Å². The molecule has 0 amide bonds. The van der Waals surface area contributed by atoms with Crippen molar-refractivity contribution in [3.05, 3.63) is 46.7 Å². The molecule has 2 aromatic rings. The van der Waals surface area contributed by atoms with E-state index in [1.54, 1.807) is 19.2 Å². The number of ether oxygens (including phenoxy) is 1. The van der Waals surface area contributed by atoms with Gasteiger partial charge in [-0.2, -0.15) is 10.5 Å². The smallest absolute Gasteiger partial charge is 0.237 e. The fourth-order valence-electron chi connectivity index (χ4n) is 1.79. The van der Waals surface area contributed by atoms with Gasteiger partial charge in [0.15, 0.2) is 6.61 Å². The molecular formula is C16H13N3O2. The number of hydrogen-bond acceptors (Lipinski definition) is 5. The predicted octanol–water partition coefficient (Wildman–Crippen LogP) is 3.42. The predicted molar refractivity (Wildman–Crippen MR) is 77.7 cm³/mol. The molecule has 0 radical (unpaired) electrons. The van der Waals surface area contributed by atoms with Gasteiger partial charge in [-0.05, 0) is 26.0 Å². The lowest BCUT2D eigenvalue weighted by atomic mass is 10.2. The molecule has 0 aliphatic carbocycles. The van der Waals surface area contributed by atoms with Crippen LogP contribution in [0.2, 0.25) is 0 Å². The first kappa shape index (κ1) is 14.4. The van der Waals surface area contributed by atoms with Gasteiger partial charge in [0.25, 0.3) is 0 Å². The van der Waals surface area contributed by atoms with Gasteiger partial charge >= 0.3 is 0 Å². The third kappa shape index (κ3) is 3.10. The number of hydrogen-bond donors (Lipinski definition) is 0. The third-order valence-electron chi connectivity index (χ3n) is 3.01. The number of rotatable bonds is 4. The molecule has 1 aromatic heterocycles. The highest BCUT2D eigenvalue weighted by molar-refractivity contribution is 5.85. The summed E-state index contributed by atoms with van der Waals surface area (Å²) in [5.74, 6) is 1.51. The van der Waals surface area contributed by atoms with Crippen molar-refractivity contribution in [3.63, 3.8) is 0 Å². The average Bonchev–Trinajstić information content (AvgIpc) is 2.78. The first-order valence-electron chi connectivity index (χ1n) is 6.30. The second-order valence-corrected chi connectivity index (χ2v) is 4.32. The molecule has 5 nitrogen and oxygen atoms in total. The zero-order chi connectivity index (χ0) is 15.2. The Morgan fingerprint density at radius 2 is 2.05 bits per heavy atom. The van der Waals surface area contributed by atoms with Crippen LogP contribution in [0.1, 0.15) is 22.5 Å². The van der Waals surface area contributed by atoms with E-state index in [9.17, 15) is 0 Å². The number of aryl methyl sites for hydroxylation is 1. The zero-order valence-corrected chi connectivity index (χ0v) is 11.8. The number of nitriles is 2. The van der Waals surface area contributed by atoms with E-state index in [0.717, 1.165) is 5.56 Å². The van der Waals surface area contributed by atoms with Crippen LogP contribution in [0.4, 0.5) is 5.88 Å². The van der Waals surface area contributed by atoms with Gasteiger partial charge in [-0.3, -0.25) is 0 Å². The molecule has 104 valence electrons. The number of para-hydroxylation sites is 1. The molecule has 1 heterocycles. The van der Waals surface area contributed by atoms with Crippen LogP contribution >= 0.6 is 0 Å². The molecule has 0 spiro atoms. The van der Waals surface area contributed by atoms with Gasteiger partial charge in [-0.25, -0.2) is 4.99 Å². The molecular weight excluding hydrogens is 266 g/mol. The Labute approximate surface area is 122 Å². The summed E-state index contributed by atoms with van der Waals surface area (Å²) in [5.41, 5.74) is 1.93. The molecule has 2 rings (SSSR count). The molecule has 0 atom stereocenters. The largest absolute Gasteiger partial charge is 0.478 e. The summed E-state index contributed by atoms with van der Waals surface area (Å²) in [6.07, 6.45) is 1.56. The van der Waals surface area contributed by atoms with Crippen molar-refractivity contribution in [1.29, 1.82) is 10.5 Å². The number of furan rings is 1. The fraction of sp³-hybridized carbons (Fsp3) is 0.188. The lowest BCUT2D eigenvalue weighted by Crippen LogP contribution is -1.96. The van der Waals surface area contributed by atoms with Gasteiger partial charge in [0.1, 0.15) is 29.2 Å². The van der Waals surface area contributed by atoms with Crippen LogP contribution in [0.3, 0.4) is 0 Å². The van der Waals surface area contributed by atoms with Crippen molar-refractivity contribution in [2.24, 2.45) is 4.99 Å². The van der Waals surface area contributed by atoms with Gasteiger partial charge in [0.2, 0.25) is 5.88 Å². The minimum absolute atomic E-state index is 0.0345. The van der Waals surface area contributed by atoms with E-state index in [2.05, 4.69) is 11.1 Å². The van der Waals surface area contributed by atoms with Gasteiger partial charge in [-0.15, -0.1) is 0 Å². The quantitative estimate of drug-likeness (QED) is 0.803.